The summed E-state index contributed by atoms with van der Waals surface area (Å²) in [5.41, 5.74) is 0.160. The summed E-state index contributed by atoms with van der Waals surface area (Å²) in [4.78, 5) is 28.4. The van der Waals surface area contributed by atoms with E-state index in [2.05, 4.69) is 15.4 Å². The number of carbonyl (C=O) groups is 1. The number of rotatable bonds is 4. The van der Waals surface area contributed by atoms with Gasteiger partial charge in [0.1, 0.15) is 5.56 Å². The smallest absolute Gasteiger partial charge is 0.272 e. The van der Waals surface area contributed by atoms with Crippen LogP contribution in [0, 0.1) is 0 Å². The van der Waals surface area contributed by atoms with Gasteiger partial charge in [0.2, 0.25) is 0 Å². The Bertz CT molecular complexity index is 757. The first-order valence-corrected chi connectivity index (χ1v) is 8.54. The molecule has 2 aromatic rings. The van der Waals surface area contributed by atoms with Crippen molar-refractivity contribution in [3.05, 3.63) is 34.4 Å². The Hall–Kier alpha value is -2.15. The van der Waals surface area contributed by atoms with E-state index in [9.17, 15) is 9.59 Å². The molecule has 1 aliphatic carbocycles. The minimum Gasteiger partial charge on any atom is -0.376 e. The zero-order valence-corrected chi connectivity index (χ0v) is 14.0. The highest BCUT2D eigenvalue weighted by atomic mass is 16.5. The van der Waals surface area contributed by atoms with E-state index in [-0.39, 0.29) is 17.1 Å². The summed E-state index contributed by atoms with van der Waals surface area (Å²) in [7, 11) is 1.72. The lowest BCUT2D eigenvalue weighted by molar-refractivity contribution is -0.0284. The van der Waals surface area contributed by atoms with Crippen molar-refractivity contribution in [2.45, 2.75) is 50.5 Å². The Morgan fingerprint density at radius 3 is 2.75 bits per heavy atom. The molecular weight excluding hydrogens is 308 g/mol. The van der Waals surface area contributed by atoms with Gasteiger partial charge in [-0.15, -0.1) is 0 Å². The Morgan fingerprint density at radius 1 is 1.33 bits per heavy atom. The van der Waals surface area contributed by atoms with Crippen molar-refractivity contribution < 1.29 is 9.53 Å². The molecule has 2 N–H and O–H groups in total. The van der Waals surface area contributed by atoms with Crippen molar-refractivity contribution in [1.82, 2.24) is 19.9 Å². The van der Waals surface area contributed by atoms with Gasteiger partial charge >= 0.3 is 0 Å². The van der Waals surface area contributed by atoms with E-state index >= 15 is 0 Å². The molecule has 0 radical (unpaired) electrons. The molecule has 1 fully saturated rings. The van der Waals surface area contributed by atoms with Crippen LogP contribution in [0.2, 0.25) is 0 Å². The van der Waals surface area contributed by atoms with Crippen molar-refractivity contribution in [3.63, 3.8) is 0 Å². The number of methoxy groups -OCH3 is 1. The standard InChI is InChI=1S/C17H24N4O3/c1-24-17(8-5-3-2-4-6-9-17)12-19-16(23)13-11-20-21-14(22)7-10-18-15(13)21/h7,10-11,20H,2-6,8-9,12H2,1H3,(H,19,23). The van der Waals surface area contributed by atoms with Gasteiger partial charge in [0, 0.05) is 32.1 Å². The number of aromatic nitrogens is 3. The van der Waals surface area contributed by atoms with Crippen LogP contribution in [0.25, 0.3) is 5.65 Å². The van der Waals surface area contributed by atoms with E-state index < -0.39 is 0 Å². The predicted octanol–water partition coefficient (Wildman–Crippen LogP) is 1.88. The first-order chi connectivity index (χ1) is 11.7. The van der Waals surface area contributed by atoms with Crippen LogP contribution >= 0.6 is 0 Å². The minimum atomic E-state index is -0.299. The maximum Gasteiger partial charge on any atom is 0.272 e. The van der Waals surface area contributed by atoms with Gasteiger partial charge in [0.15, 0.2) is 5.65 Å². The lowest BCUT2D eigenvalue weighted by Gasteiger charge is -2.34. The first kappa shape index (κ1) is 16.7. The molecule has 0 aliphatic heterocycles. The van der Waals surface area contributed by atoms with Crippen molar-refractivity contribution in [1.29, 1.82) is 0 Å². The molecule has 2 aromatic heterocycles. The second kappa shape index (κ2) is 7.17. The second-order valence-corrected chi connectivity index (χ2v) is 6.47. The molecule has 130 valence electrons. The van der Waals surface area contributed by atoms with Crippen LogP contribution in [-0.4, -0.2) is 39.8 Å². The highest BCUT2D eigenvalue weighted by Gasteiger charge is 2.31. The molecule has 1 amide bonds. The molecule has 0 spiro atoms. The highest BCUT2D eigenvalue weighted by molar-refractivity contribution is 5.99. The van der Waals surface area contributed by atoms with Crippen LogP contribution in [-0.2, 0) is 4.74 Å². The Kier molecular flexibility index (Phi) is 4.99. The van der Waals surface area contributed by atoms with Gasteiger partial charge in [0.25, 0.3) is 11.5 Å². The molecule has 24 heavy (non-hydrogen) atoms. The number of ether oxygens (including phenoxy) is 1. The lowest BCUT2D eigenvalue weighted by atomic mass is 9.86. The van der Waals surface area contributed by atoms with E-state index in [1.807, 2.05) is 0 Å². The summed E-state index contributed by atoms with van der Waals surface area (Å²) in [6.45, 7) is 0.469. The molecule has 0 atom stereocenters. The zero-order valence-electron chi connectivity index (χ0n) is 14.0. The van der Waals surface area contributed by atoms with Crippen molar-refractivity contribution in [2.75, 3.05) is 13.7 Å². The summed E-state index contributed by atoms with van der Waals surface area (Å²) >= 11 is 0. The monoisotopic (exact) mass is 332 g/mol. The van der Waals surface area contributed by atoms with Crippen LogP contribution in [0.1, 0.15) is 55.3 Å². The van der Waals surface area contributed by atoms with Crippen LogP contribution in [0.5, 0.6) is 0 Å². The Balaban J connectivity index is 1.73. The number of carbonyl (C=O) groups excluding carboxylic acids is 1. The fraction of sp³-hybridized carbons (Fsp3) is 0.588. The van der Waals surface area contributed by atoms with Crippen LogP contribution < -0.4 is 10.9 Å². The fourth-order valence-electron chi connectivity index (χ4n) is 3.42. The molecule has 0 saturated heterocycles. The van der Waals surface area contributed by atoms with Crippen LogP contribution in [0.4, 0.5) is 0 Å². The third-order valence-electron chi connectivity index (χ3n) is 4.94. The highest BCUT2D eigenvalue weighted by Crippen LogP contribution is 2.28. The average Bonchev–Trinajstić information content (AvgIpc) is 3.00. The molecule has 2 heterocycles. The van der Waals surface area contributed by atoms with Gasteiger partial charge in [-0.3, -0.25) is 14.7 Å². The SMILES string of the molecule is COC1(CNC(=O)c2c[nH]n3c(=O)ccnc23)CCCCCCC1. The number of nitrogens with zero attached hydrogens (tertiary/aromatic N) is 2. The Labute approximate surface area is 140 Å². The van der Waals surface area contributed by atoms with E-state index in [0.717, 1.165) is 25.7 Å². The summed E-state index contributed by atoms with van der Waals surface area (Å²) in [5, 5.41) is 5.73. The number of nitrogens with one attached hydrogen (secondary N) is 2. The van der Waals surface area contributed by atoms with Crippen LogP contribution in [0.15, 0.2) is 23.3 Å². The van der Waals surface area contributed by atoms with E-state index in [1.54, 1.807) is 7.11 Å². The van der Waals surface area contributed by atoms with Crippen molar-refractivity contribution in [2.24, 2.45) is 0 Å². The van der Waals surface area contributed by atoms with E-state index in [1.165, 1.54) is 42.2 Å². The average molecular weight is 332 g/mol. The van der Waals surface area contributed by atoms with Crippen molar-refractivity contribution in [3.8, 4) is 0 Å². The number of hydrogen-bond donors (Lipinski definition) is 2. The minimum absolute atomic E-state index is 0.243. The van der Waals surface area contributed by atoms with Crippen molar-refractivity contribution >= 4 is 11.6 Å². The maximum absolute atomic E-state index is 12.5. The molecule has 7 nitrogen and oxygen atoms in total. The van der Waals surface area contributed by atoms with Gasteiger partial charge in [-0.1, -0.05) is 32.1 Å². The summed E-state index contributed by atoms with van der Waals surface area (Å²) < 4.78 is 7.06. The van der Waals surface area contributed by atoms with E-state index in [4.69, 9.17) is 4.74 Å². The quantitative estimate of drug-likeness (QED) is 0.895. The third-order valence-corrected chi connectivity index (χ3v) is 4.94. The maximum atomic E-state index is 12.5. The fourth-order valence-corrected chi connectivity index (χ4v) is 3.42. The number of amides is 1. The zero-order chi connectivity index (χ0) is 17.0. The van der Waals surface area contributed by atoms with Gasteiger partial charge in [-0.2, -0.15) is 0 Å². The molecule has 7 heteroatoms. The van der Waals surface area contributed by atoms with Gasteiger partial charge in [-0.05, 0) is 12.8 Å². The van der Waals surface area contributed by atoms with Crippen LogP contribution in [0.3, 0.4) is 0 Å². The number of fused-ring (bicyclic) bond motifs is 1. The molecule has 0 aromatic carbocycles. The van der Waals surface area contributed by atoms with Gasteiger partial charge in [-0.25, -0.2) is 9.50 Å². The third kappa shape index (κ3) is 3.36. The Morgan fingerprint density at radius 2 is 2.04 bits per heavy atom. The predicted molar refractivity (Wildman–Crippen MR) is 90.2 cm³/mol. The summed E-state index contributed by atoms with van der Waals surface area (Å²) in [6, 6.07) is 1.35. The van der Waals surface area contributed by atoms with Gasteiger partial charge in [0.05, 0.1) is 5.60 Å². The largest absolute Gasteiger partial charge is 0.376 e. The molecule has 3 rings (SSSR count). The summed E-state index contributed by atoms with van der Waals surface area (Å²) in [6.07, 6.45) is 10.8. The normalized spacial score (nSPS) is 18.0. The molecule has 0 unspecified atom stereocenters. The molecule has 1 saturated carbocycles. The van der Waals surface area contributed by atoms with Gasteiger partial charge < -0.3 is 10.1 Å². The first-order valence-electron chi connectivity index (χ1n) is 8.54. The second-order valence-electron chi connectivity index (χ2n) is 6.47. The lowest BCUT2D eigenvalue weighted by Crippen LogP contribution is -2.45. The number of aromatic amines is 1. The molecule has 0 bridgehead atoms. The number of hydrogen-bond acceptors (Lipinski definition) is 4. The summed E-state index contributed by atoms with van der Waals surface area (Å²) in [5.74, 6) is -0.245. The van der Waals surface area contributed by atoms with E-state index in [0.29, 0.717) is 17.8 Å². The topological polar surface area (TPSA) is 88.5 Å². The molecule has 1 aliphatic rings. The molecular formula is C17H24N4O3. The number of H-pyrrole nitrogens is 1.